The predicted molar refractivity (Wildman–Crippen MR) is 97.2 cm³/mol. The van der Waals surface area contributed by atoms with Crippen LogP contribution >= 0.6 is 23.4 Å². The van der Waals surface area contributed by atoms with Gasteiger partial charge >= 0.3 is 0 Å². The Bertz CT molecular complexity index is 646. The lowest BCUT2D eigenvalue weighted by Gasteiger charge is -2.14. The Morgan fingerprint density at radius 1 is 1.22 bits per heavy atom. The van der Waals surface area contributed by atoms with E-state index < -0.39 is 0 Å². The molecule has 3 nitrogen and oxygen atoms in total. The molecule has 0 aliphatic carbocycles. The average molecular weight is 350 g/mol. The summed E-state index contributed by atoms with van der Waals surface area (Å²) in [7, 11) is 1.64. The van der Waals surface area contributed by atoms with Crippen molar-refractivity contribution in [2.75, 3.05) is 12.9 Å². The molecular formula is C18H20ClNO2S. The van der Waals surface area contributed by atoms with Gasteiger partial charge in [0.1, 0.15) is 5.75 Å². The summed E-state index contributed by atoms with van der Waals surface area (Å²) >= 11 is 7.66. The molecule has 0 saturated carbocycles. The molecule has 1 amide bonds. The van der Waals surface area contributed by atoms with E-state index >= 15 is 0 Å². The standard InChI is InChI=1S/C18H20ClNO2S/c1-13(14-7-9-16(22-2)10-8-14)20-18(21)12-23-11-15-5-3-4-6-17(15)19/h3-10,13H,11-12H2,1-2H3,(H,20,21)/t13-/m0/s1. The minimum atomic E-state index is -0.0330. The first kappa shape index (κ1) is 17.7. The Hall–Kier alpha value is -1.65. The van der Waals surface area contributed by atoms with Gasteiger partial charge in [0.2, 0.25) is 5.91 Å². The molecule has 0 radical (unpaired) electrons. The topological polar surface area (TPSA) is 38.3 Å². The fourth-order valence-electron chi connectivity index (χ4n) is 2.13. The summed E-state index contributed by atoms with van der Waals surface area (Å²) in [5.41, 5.74) is 2.10. The summed E-state index contributed by atoms with van der Waals surface area (Å²) in [5, 5.41) is 3.74. The highest BCUT2D eigenvalue weighted by molar-refractivity contribution is 7.99. The van der Waals surface area contributed by atoms with Gasteiger partial charge in [0.15, 0.2) is 0 Å². The molecule has 23 heavy (non-hydrogen) atoms. The molecule has 2 rings (SSSR count). The van der Waals surface area contributed by atoms with Crippen LogP contribution in [0.1, 0.15) is 24.1 Å². The van der Waals surface area contributed by atoms with Gasteiger partial charge in [-0.15, -0.1) is 11.8 Å². The Balaban J connectivity index is 1.78. The van der Waals surface area contributed by atoms with Gasteiger partial charge in [0.05, 0.1) is 18.9 Å². The number of rotatable bonds is 7. The maximum atomic E-state index is 12.0. The van der Waals surface area contributed by atoms with Gasteiger partial charge in [-0.25, -0.2) is 0 Å². The minimum Gasteiger partial charge on any atom is -0.497 e. The molecule has 0 bridgehead atoms. The van der Waals surface area contributed by atoms with Crippen molar-refractivity contribution in [2.24, 2.45) is 0 Å². The molecule has 0 aliphatic heterocycles. The number of carbonyl (C=O) groups excluding carboxylic acids is 1. The van der Waals surface area contributed by atoms with Gasteiger partial charge in [0, 0.05) is 10.8 Å². The van der Waals surface area contributed by atoms with Crippen LogP contribution in [-0.2, 0) is 10.5 Å². The van der Waals surface area contributed by atoms with Crippen molar-refractivity contribution >= 4 is 29.3 Å². The number of hydrogen-bond acceptors (Lipinski definition) is 3. The van der Waals surface area contributed by atoms with Crippen molar-refractivity contribution in [3.05, 3.63) is 64.7 Å². The van der Waals surface area contributed by atoms with Crippen molar-refractivity contribution in [3.63, 3.8) is 0 Å². The van der Waals surface area contributed by atoms with Gasteiger partial charge in [-0.1, -0.05) is 41.9 Å². The number of thioether (sulfide) groups is 1. The molecule has 1 N–H and O–H groups in total. The van der Waals surface area contributed by atoms with Crippen molar-refractivity contribution in [1.29, 1.82) is 0 Å². The van der Waals surface area contributed by atoms with Crippen LogP contribution in [0.2, 0.25) is 5.02 Å². The largest absolute Gasteiger partial charge is 0.497 e. The number of carbonyl (C=O) groups is 1. The number of methoxy groups -OCH3 is 1. The molecule has 122 valence electrons. The normalized spacial score (nSPS) is 11.8. The van der Waals surface area contributed by atoms with Crippen molar-refractivity contribution in [3.8, 4) is 5.75 Å². The SMILES string of the molecule is COc1ccc([C@H](C)NC(=O)CSCc2ccccc2Cl)cc1. The average Bonchev–Trinajstić information content (AvgIpc) is 2.56. The molecular weight excluding hydrogens is 330 g/mol. The first-order valence-corrected chi connectivity index (χ1v) is 8.88. The predicted octanol–water partition coefficient (Wildman–Crippen LogP) is 4.46. The van der Waals surface area contributed by atoms with E-state index in [1.165, 1.54) is 0 Å². The van der Waals surface area contributed by atoms with Gasteiger partial charge in [-0.2, -0.15) is 0 Å². The zero-order chi connectivity index (χ0) is 16.7. The second-order valence-electron chi connectivity index (χ2n) is 5.15. The number of hydrogen-bond donors (Lipinski definition) is 1. The highest BCUT2D eigenvalue weighted by atomic mass is 35.5. The highest BCUT2D eigenvalue weighted by Gasteiger charge is 2.10. The molecule has 0 aromatic heterocycles. The molecule has 0 saturated heterocycles. The molecule has 2 aromatic carbocycles. The lowest BCUT2D eigenvalue weighted by molar-refractivity contribution is -0.119. The molecule has 5 heteroatoms. The van der Waals surface area contributed by atoms with E-state index in [0.717, 1.165) is 27.7 Å². The van der Waals surface area contributed by atoms with Crippen LogP contribution in [0.25, 0.3) is 0 Å². The molecule has 2 aromatic rings. The second-order valence-corrected chi connectivity index (χ2v) is 6.54. The Kier molecular flexibility index (Phi) is 6.81. The van der Waals surface area contributed by atoms with Gasteiger partial charge < -0.3 is 10.1 Å². The first-order chi connectivity index (χ1) is 11.1. The molecule has 1 atom stereocenters. The van der Waals surface area contributed by atoms with Crippen LogP contribution < -0.4 is 10.1 Å². The van der Waals surface area contributed by atoms with Crippen molar-refractivity contribution < 1.29 is 9.53 Å². The van der Waals surface area contributed by atoms with E-state index in [4.69, 9.17) is 16.3 Å². The van der Waals surface area contributed by atoms with Crippen molar-refractivity contribution in [2.45, 2.75) is 18.7 Å². The zero-order valence-corrected chi connectivity index (χ0v) is 14.8. The summed E-state index contributed by atoms with van der Waals surface area (Å²) < 4.78 is 5.13. The molecule has 0 fully saturated rings. The smallest absolute Gasteiger partial charge is 0.230 e. The Labute approximate surface area is 146 Å². The lowest BCUT2D eigenvalue weighted by Crippen LogP contribution is -2.28. The maximum Gasteiger partial charge on any atom is 0.230 e. The number of nitrogens with one attached hydrogen (secondary N) is 1. The Morgan fingerprint density at radius 2 is 1.91 bits per heavy atom. The van der Waals surface area contributed by atoms with Crippen LogP contribution in [0.15, 0.2) is 48.5 Å². The number of ether oxygens (including phenoxy) is 1. The molecule has 0 spiro atoms. The second kappa shape index (κ2) is 8.85. The maximum absolute atomic E-state index is 12.0. The first-order valence-electron chi connectivity index (χ1n) is 7.34. The minimum absolute atomic E-state index is 0.0189. The van der Waals surface area contributed by atoms with Crippen molar-refractivity contribution in [1.82, 2.24) is 5.32 Å². The fourth-order valence-corrected chi connectivity index (χ4v) is 3.25. The lowest BCUT2D eigenvalue weighted by atomic mass is 10.1. The fraction of sp³-hybridized carbons (Fsp3) is 0.278. The van der Waals surface area contributed by atoms with E-state index in [2.05, 4.69) is 5.32 Å². The van der Waals surface area contributed by atoms with E-state index in [1.54, 1.807) is 18.9 Å². The highest BCUT2D eigenvalue weighted by Crippen LogP contribution is 2.21. The summed E-state index contributed by atoms with van der Waals surface area (Å²) in [6.45, 7) is 1.97. The summed E-state index contributed by atoms with van der Waals surface area (Å²) in [5.74, 6) is 1.96. The zero-order valence-electron chi connectivity index (χ0n) is 13.2. The van der Waals surface area contributed by atoms with E-state index in [9.17, 15) is 4.79 Å². The third-order valence-corrected chi connectivity index (χ3v) is 4.79. The number of amides is 1. The van der Waals surface area contributed by atoms with Gasteiger partial charge in [0.25, 0.3) is 0 Å². The quantitative estimate of drug-likeness (QED) is 0.802. The van der Waals surface area contributed by atoms with E-state index in [1.807, 2.05) is 55.5 Å². The summed E-state index contributed by atoms with van der Waals surface area (Å²) in [6, 6.07) is 15.4. The summed E-state index contributed by atoms with van der Waals surface area (Å²) in [6.07, 6.45) is 0. The summed E-state index contributed by atoms with van der Waals surface area (Å²) in [4.78, 5) is 12.0. The Morgan fingerprint density at radius 3 is 2.57 bits per heavy atom. The number of benzene rings is 2. The molecule has 0 aliphatic rings. The van der Waals surface area contributed by atoms with Crippen LogP contribution in [0, 0.1) is 0 Å². The van der Waals surface area contributed by atoms with Gasteiger partial charge in [-0.05, 0) is 36.2 Å². The van der Waals surface area contributed by atoms with Gasteiger partial charge in [-0.3, -0.25) is 4.79 Å². The van der Waals surface area contributed by atoms with Crippen LogP contribution in [0.5, 0.6) is 5.75 Å². The van der Waals surface area contributed by atoms with Crippen LogP contribution in [0.4, 0.5) is 0 Å². The molecule has 0 unspecified atom stereocenters. The van der Waals surface area contributed by atoms with E-state index in [0.29, 0.717) is 5.75 Å². The number of halogens is 1. The van der Waals surface area contributed by atoms with E-state index in [-0.39, 0.29) is 11.9 Å². The van der Waals surface area contributed by atoms with Crippen LogP contribution in [-0.4, -0.2) is 18.8 Å². The molecule has 0 heterocycles. The van der Waals surface area contributed by atoms with Crippen LogP contribution in [0.3, 0.4) is 0 Å². The third-order valence-electron chi connectivity index (χ3n) is 3.44. The monoisotopic (exact) mass is 349 g/mol. The third kappa shape index (κ3) is 5.48.